The Hall–Kier alpha value is -2.23. The predicted molar refractivity (Wildman–Crippen MR) is 80.5 cm³/mol. The summed E-state index contributed by atoms with van der Waals surface area (Å²) in [5.41, 5.74) is 1.24. The van der Waals surface area contributed by atoms with Crippen LogP contribution in [0.15, 0.2) is 36.7 Å². The summed E-state index contributed by atoms with van der Waals surface area (Å²) in [5.74, 6) is 0.422. The minimum atomic E-state index is -0.347. The van der Waals surface area contributed by atoms with Gasteiger partial charge in [0, 0.05) is 31.5 Å². The minimum absolute atomic E-state index is 0.0631. The molecule has 2 N–H and O–H groups in total. The van der Waals surface area contributed by atoms with E-state index in [2.05, 4.69) is 15.4 Å². The summed E-state index contributed by atoms with van der Waals surface area (Å²) in [6.45, 7) is 1.40. The molecule has 1 saturated carbocycles. The summed E-state index contributed by atoms with van der Waals surface area (Å²) < 4.78 is 1.91. The van der Waals surface area contributed by atoms with Gasteiger partial charge in [0.05, 0.1) is 11.8 Å². The lowest BCUT2D eigenvalue weighted by Crippen LogP contribution is -2.35. The van der Waals surface area contributed by atoms with Gasteiger partial charge in [0.25, 0.3) is 0 Å². The molecule has 0 radical (unpaired) electrons. The Morgan fingerprint density at radius 2 is 2.27 bits per heavy atom. The van der Waals surface area contributed by atoms with E-state index in [1.54, 1.807) is 12.3 Å². The van der Waals surface area contributed by atoms with Crippen LogP contribution in [0.3, 0.4) is 0 Å². The molecule has 2 aromatic heterocycles. The molecule has 0 aliphatic heterocycles. The van der Waals surface area contributed by atoms with Crippen LogP contribution in [0.2, 0.25) is 0 Å². The van der Waals surface area contributed by atoms with E-state index < -0.39 is 0 Å². The van der Waals surface area contributed by atoms with Crippen molar-refractivity contribution in [1.29, 1.82) is 5.26 Å². The van der Waals surface area contributed by atoms with E-state index in [0.29, 0.717) is 18.2 Å². The summed E-state index contributed by atoms with van der Waals surface area (Å²) in [6.07, 6.45) is 5.07. The summed E-state index contributed by atoms with van der Waals surface area (Å²) in [7, 11) is 0. The van der Waals surface area contributed by atoms with E-state index >= 15 is 0 Å². The molecule has 2 heterocycles. The number of aliphatic hydroxyl groups is 1. The standard InChI is InChI=1S/C16H19N5O/c17-9-13-3-1-4-14(20-13)10-18-15-7-12(8-16(15)22)11-21-6-2-5-19-21/h1-6,12,15-16,18,22H,7-8,10-11H2/t12?,15-,16-/m1/s1. The molecular formula is C16H19N5O. The Balaban J connectivity index is 1.53. The van der Waals surface area contributed by atoms with Crippen LogP contribution in [-0.2, 0) is 13.1 Å². The molecule has 6 nitrogen and oxygen atoms in total. The molecule has 3 atom stereocenters. The third-order valence-electron chi connectivity index (χ3n) is 4.10. The van der Waals surface area contributed by atoms with Gasteiger partial charge in [-0.3, -0.25) is 4.68 Å². The Morgan fingerprint density at radius 3 is 3.05 bits per heavy atom. The Labute approximate surface area is 129 Å². The second-order valence-electron chi connectivity index (χ2n) is 5.75. The topological polar surface area (TPSA) is 86.8 Å². The predicted octanol–water partition coefficient (Wildman–Crippen LogP) is 1.08. The van der Waals surface area contributed by atoms with Crippen LogP contribution < -0.4 is 5.32 Å². The maximum absolute atomic E-state index is 10.2. The molecule has 0 spiro atoms. The lowest BCUT2D eigenvalue weighted by atomic mass is 10.1. The molecule has 1 unspecified atom stereocenters. The fourth-order valence-electron chi connectivity index (χ4n) is 3.04. The van der Waals surface area contributed by atoms with Crippen LogP contribution in [0, 0.1) is 17.2 Å². The molecule has 2 aromatic rings. The van der Waals surface area contributed by atoms with E-state index in [0.717, 1.165) is 25.1 Å². The third-order valence-corrected chi connectivity index (χ3v) is 4.10. The summed E-state index contributed by atoms with van der Waals surface area (Å²) >= 11 is 0. The van der Waals surface area contributed by atoms with Gasteiger partial charge in [-0.05, 0) is 37.0 Å². The van der Waals surface area contributed by atoms with Gasteiger partial charge in [-0.25, -0.2) is 4.98 Å². The van der Waals surface area contributed by atoms with Gasteiger partial charge >= 0.3 is 0 Å². The van der Waals surface area contributed by atoms with Crippen molar-refractivity contribution < 1.29 is 5.11 Å². The van der Waals surface area contributed by atoms with Crippen LogP contribution in [0.5, 0.6) is 0 Å². The number of aliphatic hydroxyl groups excluding tert-OH is 1. The molecule has 0 saturated heterocycles. The van der Waals surface area contributed by atoms with E-state index in [4.69, 9.17) is 5.26 Å². The van der Waals surface area contributed by atoms with Crippen molar-refractivity contribution in [2.75, 3.05) is 0 Å². The highest BCUT2D eigenvalue weighted by atomic mass is 16.3. The average molecular weight is 297 g/mol. The van der Waals surface area contributed by atoms with Crippen molar-refractivity contribution in [2.24, 2.45) is 5.92 Å². The highest BCUT2D eigenvalue weighted by Crippen LogP contribution is 2.27. The van der Waals surface area contributed by atoms with E-state index in [-0.39, 0.29) is 12.1 Å². The smallest absolute Gasteiger partial charge is 0.140 e. The second kappa shape index (κ2) is 6.69. The van der Waals surface area contributed by atoms with Gasteiger partial charge < -0.3 is 10.4 Å². The molecule has 1 aliphatic rings. The molecule has 1 fully saturated rings. The highest BCUT2D eigenvalue weighted by molar-refractivity contribution is 5.22. The van der Waals surface area contributed by atoms with Gasteiger partial charge in [-0.2, -0.15) is 10.4 Å². The first kappa shape index (κ1) is 14.7. The molecule has 114 valence electrons. The van der Waals surface area contributed by atoms with Crippen molar-refractivity contribution in [2.45, 2.75) is 38.1 Å². The first-order valence-electron chi connectivity index (χ1n) is 7.49. The molecule has 0 bridgehead atoms. The number of nitrogens with one attached hydrogen (secondary N) is 1. The van der Waals surface area contributed by atoms with Gasteiger partial charge in [-0.1, -0.05) is 6.07 Å². The first-order chi connectivity index (χ1) is 10.7. The molecular weight excluding hydrogens is 278 g/mol. The zero-order chi connectivity index (χ0) is 15.4. The number of rotatable bonds is 5. The zero-order valence-electron chi connectivity index (χ0n) is 12.3. The maximum Gasteiger partial charge on any atom is 0.140 e. The van der Waals surface area contributed by atoms with Gasteiger partial charge in [0.1, 0.15) is 11.8 Å². The molecule has 1 aliphatic carbocycles. The van der Waals surface area contributed by atoms with E-state index in [9.17, 15) is 5.11 Å². The van der Waals surface area contributed by atoms with Crippen molar-refractivity contribution in [3.05, 3.63) is 48.0 Å². The molecule has 3 rings (SSSR count). The number of hydrogen-bond acceptors (Lipinski definition) is 5. The fourth-order valence-corrected chi connectivity index (χ4v) is 3.04. The molecule has 0 aromatic carbocycles. The van der Waals surface area contributed by atoms with Gasteiger partial charge in [0.2, 0.25) is 0 Å². The molecule has 0 amide bonds. The lowest BCUT2D eigenvalue weighted by molar-refractivity contribution is 0.145. The summed E-state index contributed by atoms with van der Waals surface area (Å²) in [4.78, 5) is 4.24. The first-order valence-corrected chi connectivity index (χ1v) is 7.49. The summed E-state index contributed by atoms with van der Waals surface area (Å²) in [6, 6.07) is 9.41. The monoisotopic (exact) mass is 297 g/mol. The van der Waals surface area contributed by atoms with Crippen LogP contribution in [0.1, 0.15) is 24.2 Å². The number of aromatic nitrogens is 3. The van der Waals surface area contributed by atoms with Crippen LogP contribution >= 0.6 is 0 Å². The Bertz CT molecular complexity index is 649. The van der Waals surface area contributed by atoms with Crippen molar-refractivity contribution >= 4 is 0 Å². The zero-order valence-corrected chi connectivity index (χ0v) is 12.3. The third kappa shape index (κ3) is 3.50. The quantitative estimate of drug-likeness (QED) is 0.862. The van der Waals surface area contributed by atoms with Crippen LogP contribution in [0.4, 0.5) is 0 Å². The minimum Gasteiger partial charge on any atom is -0.391 e. The number of hydrogen-bond donors (Lipinski definition) is 2. The normalized spacial score (nSPS) is 24.3. The second-order valence-corrected chi connectivity index (χ2v) is 5.75. The van der Waals surface area contributed by atoms with Crippen molar-refractivity contribution in [3.63, 3.8) is 0 Å². The SMILES string of the molecule is N#Cc1cccc(CN[C@@H]2CC(Cn3cccn3)C[C@H]2O)n1. The van der Waals surface area contributed by atoms with E-state index in [1.807, 2.05) is 35.1 Å². The average Bonchev–Trinajstić information content (AvgIpc) is 3.15. The maximum atomic E-state index is 10.2. The Morgan fingerprint density at radius 1 is 1.36 bits per heavy atom. The van der Waals surface area contributed by atoms with Crippen molar-refractivity contribution in [1.82, 2.24) is 20.1 Å². The molecule has 6 heteroatoms. The number of nitriles is 1. The van der Waals surface area contributed by atoms with Crippen molar-refractivity contribution in [3.8, 4) is 6.07 Å². The van der Waals surface area contributed by atoms with Crippen LogP contribution in [-0.4, -0.2) is 32.0 Å². The lowest BCUT2D eigenvalue weighted by Gasteiger charge is -2.16. The number of nitrogens with zero attached hydrogens (tertiary/aromatic N) is 4. The fraction of sp³-hybridized carbons (Fsp3) is 0.438. The van der Waals surface area contributed by atoms with Gasteiger partial charge in [-0.15, -0.1) is 0 Å². The van der Waals surface area contributed by atoms with Gasteiger partial charge in [0.15, 0.2) is 0 Å². The summed E-state index contributed by atoms with van der Waals surface area (Å²) in [5, 5.41) is 26.6. The van der Waals surface area contributed by atoms with Crippen LogP contribution in [0.25, 0.3) is 0 Å². The highest BCUT2D eigenvalue weighted by Gasteiger charge is 2.32. The number of pyridine rings is 1. The van der Waals surface area contributed by atoms with E-state index in [1.165, 1.54) is 0 Å². The largest absolute Gasteiger partial charge is 0.391 e. The Kier molecular flexibility index (Phi) is 4.47. The molecule has 22 heavy (non-hydrogen) atoms.